The van der Waals surface area contributed by atoms with Crippen LogP contribution in [0.2, 0.25) is 0 Å². The Morgan fingerprint density at radius 3 is 1.81 bits per heavy atom. The number of hydrogen-bond acceptors (Lipinski definition) is 4. The summed E-state index contributed by atoms with van der Waals surface area (Å²) in [6.07, 6.45) is 0. The van der Waals surface area contributed by atoms with Gasteiger partial charge in [-0.2, -0.15) is 0 Å². The molecule has 0 aliphatic heterocycles. The van der Waals surface area contributed by atoms with Crippen molar-refractivity contribution in [3.05, 3.63) is 63.2 Å². The van der Waals surface area contributed by atoms with Gasteiger partial charge in [-0.3, -0.25) is 9.59 Å². The summed E-state index contributed by atoms with van der Waals surface area (Å²) in [4.78, 5) is 35.6. The maximum atomic E-state index is 12.5. The molecule has 6 heteroatoms. The van der Waals surface area contributed by atoms with E-state index >= 15 is 0 Å². The zero-order valence-corrected chi connectivity index (χ0v) is 16.2. The molecule has 3 N–H and O–H groups in total. The third-order valence-electron chi connectivity index (χ3n) is 4.99. The van der Waals surface area contributed by atoms with Gasteiger partial charge in [0.25, 0.3) is 5.91 Å². The standard InChI is InChI=1S/C21H24N2O4/c1-11-12(2)14(4)19(15(5)13(11)3)21(26)27-10-18(24)23-17-8-6-16(7-9-17)20(22)25/h6-9H,10H2,1-5H3,(H2,22,25)(H,23,24). The normalized spacial score (nSPS) is 10.4. The fraction of sp³-hybridized carbons (Fsp3) is 0.286. The molecule has 0 saturated carbocycles. The van der Waals surface area contributed by atoms with E-state index in [1.54, 1.807) is 12.1 Å². The average molecular weight is 368 g/mol. The van der Waals surface area contributed by atoms with Gasteiger partial charge in [-0.1, -0.05) is 0 Å². The van der Waals surface area contributed by atoms with Gasteiger partial charge in [-0.25, -0.2) is 4.79 Å². The largest absolute Gasteiger partial charge is 0.452 e. The number of benzene rings is 2. The summed E-state index contributed by atoms with van der Waals surface area (Å²) in [5.41, 5.74) is 11.5. The fourth-order valence-electron chi connectivity index (χ4n) is 2.92. The number of primary amides is 1. The molecule has 0 saturated heterocycles. The minimum absolute atomic E-state index is 0.343. The number of rotatable bonds is 5. The summed E-state index contributed by atoms with van der Waals surface area (Å²) >= 11 is 0. The fourth-order valence-corrected chi connectivity index (χ4v) is 2.92. The number of esters is 1. The Balaban J connectivity index is 2.05. The van der Waals surface area contributed by atoms with Crippen LogP contribution in [0.5, 0.6) is 0 Å². The molecule has 2 rings (SSSR count). The smallest absolute Gasteiger partial charge is 0.339 e. The first kappa shape index (κ1) is 20.2. The molecule has 27 heavy (non-hydrogen) atoms. The number of ether oxygens (including phenoxy) is 1. The van der Waals surface area contributed by atoms with Crippen LogP contribution in [0.25, 0.3) is 0 Å². The molecule has 0 atom stereocenters. The minimum atomic E-state index is -0.545. The summed E-state index contributed by atoms with van der Waals surface area (Å²) < 4.78 is 5.21. The Hall–Kier alpha value is -3.15. The van der Waals surface area contributed by atoms with Gasteiger partial charge in [0.15, 0.2) is 6.61 Å². The predicted molar refractivity (Wildman–Crippen MR) is 104 cm³/mol. The van der Waals surface area contributed by atoms with Crippen molar-refractivity contribution in [1.29, 1.82) is 0 Å². The zero-order valence-electron chi connectivity index (χ0n) is 16.2. The Labute approximate surface area is 158 Å². The summed E-state index contributed by atoms with van der Waals surface area (Å²) in [6, 6.07) is 6.13. The lowest BCUT2D eigenvalue weighted by Crippen LogP contribution is -2.22. The molecule has 0 unspecified atom stereocenters. The predicted octanol–water partition coefficient (Wildman–Crippen LogP) is 3.12. The number of carbonyl (C=O) groups excluding carboxylic acids is 3. The van der Waals surface area contributed by atoms with Gasteiger partial charge < -0.3 is 15.8 Å². The highest BCUT2D eigenvalue weighted by atomic mass is 16.5. The molecule has 2 amide bonds. The van der Waals surface area contributed by atoms with Crippen molar-refractivity contribution < 1.29 is 19.1 Å². The van der Waals surface area contributed by atoms with Crippen molar-refractivity contribution in [2.24, 2.45) is 5.73 Å². The maximum absolute atomic E-state index is 12.5. The van der Waals surface area contributed by atoms with Crippen LogP contribution >= 0.6 is 0 Å². The minimum Gasteiger partial charge on any atom is -0.452 e. The molecule has 0 aliphatic carbocycles. The second kappa shape index (κ2) is 8.03. The van der Waals surface area contributed by atoms with Gasteiger partial charge in [0, 0.05) is 11.3 Å². The summed E-state index contributed by atoms with van der Waals surface area (Å²) in [7, 11) is 0. The second-order valence-electron chi connectivity index (χ2n) is 6.57. The molecule has 142 valence electrons. The van der Waals surface area contributed by atoms with Crippen molar-refractivity contribution in [2.45, 2.75) is 34.6 Å². The highest BCUT2D eigenvalue weighted by Crippen LogP contribution is 2.26. The van der Waals surface area contributed by atoms with Gasteiger partial charge >= 0.3 is 5.97 Å². The highest BCUT2D eigenvalue weighted by molar-refractivity contribution is 5.98. The molecule has 0 aliphatic rings. The van der Waals surface area contributed by atoms with E-state index in [1.165, 1.54) is 12.1 Å². The average Bonchev–Trinajstić information content (AvgIpc) is 2.63. The number of anilines is 1. The van der Waals surface area contributed by atoms with Gasteiger partial charge in [0.1, 0.15) is 0 Å². The molecule has 0 radical (unpaired) electrons. The summed E-state index contributed by atoms with van der Waals surface area (Å²) in [5, 5.41) is 2.61. The van der Waals surface area contributed by atoms with Gasteiger partial charge in [0.2, 0.25) is 5.91 Å². The van der Waals surface area contributed by atoms with Gasteiger partial charge in [0.05, 0.1) is 5.56 Å². The van der Waals surface area contributed by atoms with E-state index in [0.29, 0.717) is 16.8 Å². The third-order valence-corrected chi connectivity index (χ3v) is 4.99. The molecule has 0 spiro atoms. The lowest BCUT2D eigenvalue weighted by molar-refractivity contribution is -0.119. The lowest BCUT2D eigenvalue weighted by atomic mass is 9.90. The van der Waals surface area contributed by atoms with Crippen LogP contribution in [0.4, 0.5) is 5.69 Å². The molecular weight excluding hydrogens is 344 g/mol. The van der Waals surface area contributed by atoms with Crippen LogP contribution in [-0.4, -0.2) is 24.4 Å². The lowest BCUT2D eigenvalue weighted by Gasteiger charge is -2.17. The van der Waals surface area contributed by atoms with E-state index in [9.17, 15) is 14.4 Å². The zero-order chi connectivity index (χ0) is 20.3. The third kappa shape index (κ3) is 4.34. The summed E-state index contributed by atoms with van der Waals surface area (Å²) in [5.74, 6) is -1.53. The number of amides is 2. The van der Waals surface area contributed by atoms with Crippen molar-refractivity contribution in [3.63, 3.8) is 0 Å². The molecule has 0 aromatic heterocycles. The Morgan fingerprint density at radius 1 is 0.852 bits per heavy atom. The topological polar surface area (TPSA) is 98.5 Å². The van der Waals surface area contributed by atoms with E-state index in [-0.39, 0.29) is 0 Å². The van der Waals surface area contributed by atoms with E-state index in [4.69, 9.17) is 10.5 Å². The van der Waals surface area contributed by atoms with E-state index in [1.807, 2.05) is 34.6 Å². The molecule has 0 heterocycles. The van der Waals surface area contributed by atoms with E-state index in [0.717, 1.165) is 27.8 Å². The highest BCUT2D eigenvalue weighted by Gasteiger charge is 2.20. The number of carbonyl (C=O) groups is 3. The molecule has 0 fully saturated rings. The molecule has 2 aromatic rings. The first-order valence-electron chi connectivity index (χ1n) is 8.57. The van der Waals surface area contributed by atoms with Crippen LogP contribution < -0.4 is 11.1 Å². The maximum Gasteiger partial charge on any atom is 0.339 e. The van der Waals surface area contributed by atoms with Gasteiger partial charge in [-0.15, -0.1) is 0 Å². The Bertz CT molecular complexity index is 886. The van der Waals surface area contributed by atoms with Crippen molar-refractivity contribution in [3.8, 4) is 0 Å². The van der Waals surface area contributed by atoms with Crippen LogP contribution in [0.15, 0.2) is 24.3 Å². The van der Waals surface area contributed by atoms with Crippen molar-refractivity contribution in [2.75, 3.05) is 11.9 Å². The summed E-state index contributed by atoms with van der Waals surface area (Å²) in [6.45, 7) is 9.32. The van der Waals surface area contributed by atoms with Gasteiger partial charge in [-0.05, 0) is 86.7 Å². The molecule has 0 bridgehead atoms. The molecule has 6 nitrogen and oxygen atoms in total. The monoisotopic (exact) mass is 368 g/mol. The molecular formula is C21H24N2O4. The quantitative estimate of drug-likeness (QED) is 0.792. The Morgan fingerprint density at radius 2 is 1.33 bits per heavy atom. The first-order valence-corrected chi connectivity index (χ1v) is 8.57. The SMILES string of the molecule is Cc1c(C)c(C)c(C(=O)OCC(=O)Nc2ccc(C(N)=O)cc2)c(C)c1C. The number of nitrogens with one attached hydrogen (secondary N) is 1. The van der Waals surface area contributed by atoms with Crippen LogP contribution in [-0.2, 0) is 9.53 Å². The Kier molecular flexibility index (Phi) is 6.00. The van der Waals surface area contributed by atoms with Crippen molar-refractivity contribution >= 4 is 23.5 Å². The van der Waals surface area contributed by atoms with Crippen molar-refractivity contribution in [1.82, 2.24) is 0 Å². The number of hydrogen-bond donors (Lipinski definition) is 2. The first-order chi connectivity index (χ1) is 12.6. The second-order valence-corrected chi connectivity index (χ2v) is 6.57. The van der Waals surface area contributed by atoms with Crippen LogP contribution in [0.1, 0.15) is 48.5 Å². The van der Waals surface area contributed by atoms with Crippen LogP contribution in [0.3, 0.4) is 0 Å². The van der Waals surface area contributed by atoms with E-state index in [2.05, 4.69) is 5.32 Å². The van der Waals surface area contributed by atoms with E-state index < -0.39 is 24.4 Å². The van der Waals surface area contributed by atoms with Crippen LogP contribution in [0, 0.1) is 34.6 Å². The number of nitrogens with two attached hydrogens (primary N) is 1. The molecule has 2 aromatic carbocycles.